The molecule has 0 aliphatic rings. The van der Waals surface area contributed by atoms with Crippen molar-refractivity contribution in [3.05, 3.63) is 29.6 Å². The van der Waals surface area contributed by atoms with E-state index >= 15 is 0 Å². The Morgan fingerprint density at radius 2 is 2.29 bits per heavy atom. The van der Waals surface area contributed by atoms with Crippen LogP contribution in [0.3, 0.4) is 0 Å². The van der Waals surface area contributed by atoms with Crippen LogP contribution in [0.2, 0.25) is 0 Å². The molecule has 1 rings (SSSR count). The van der Waals surface area contributed by atoms with Crippen molar-refractivity contribution in [3.63, 3.8) is 0 Å². The van der Waals surface area contributed by atoms with Crippen LogP contribution < -0.4 is 0 Å². The molecule has 1 aromatic heterocycles. The smallest absolute Gasteiger partial charge is 0.306 e. The first-order valence-corrected chi connectivity index (χ1v) is 6.34. The van der Waals surface area contributed by atoms with Gasteiger partial charge < -0.3 is 4.55 Å². The van der Waals surface area contributed by atoms with Gasteiger partial charge in [0.1, 0.15) is 23.2 Å². The van der Waals surface area contributed by atoms with Gasteiger partial charge in [0.25, 0.3) is 6.43 Å². The standard InChI is InChI=1S/C10H11F2N3OS/c1-17(16)15(7-13)5-4-8-2-3-9(10(11)12)14-6-8/h2-3,6,10H,4-5H2,1H3/p+1. The highest BCUT2D eigenvalue weighted by Gasteiger charge is 2.09. The van der Waals surface area contributed by atoms with Gasteiger partial charge in [-0.3, -0.25) is 4.98 Å². The molecule has 1 aromatic rings. The zero-order chi connectivity index (χ0) is 12.8. The Bertz CT molecular complexity index is 450. The van der Waals surface area contributed by atoms with Crippen LogP contribution >= 0.6 is 0 Å². The summed E-state index contributed by atoms with van der Waals surface area (Å²) < 4.78 is 34.9. The molecule has 0 saturated heterocycles. The van der Waals surface area contributed by atoms with E-state index in [1.807, 2.05) is 6.19 Å². The number of pyridine rings is 1. The van der Waals surface area contributed by atoms with Gasteiger partial charge in [-0.15, -0.1) is 3.95 Å². The predicted octanol–water partition coefficient (Wildman–Crippen LogP) is 1.96. The molecule has 1 N–H and O–H groups in total. The third kappa shape index (κ3) is 4.17. The van der Waals surface area contributed by atoms with Crippen LogP contribution in [0.15, 0.2) is 18.3 Å². The molecule has 0 saturated carbocycles. The molecule has 0 radical (unpaired) electrons. The summed E-state index contributed by atoms with van der Waals surface area (Å²) in [4.78, 5) is 3.62. The van der Waals surface area contributed by atoms with Crippen molar-refractivity contribution in [2.45, 2.75) is 12.8 Å². The number of hydrogen-bond acceptors (Lipinski definition) is 2. The highest BCUT2D eigenvalue weighted by Crippen LogP contribution is 2.15. The van der Waals surface area contributed by atoms with Gasteiger partial charge in [-0.05, 0) is 11.6 Å². The Balaban J connectivity index is 2.65. The van der Waals surface area contributed by atoms with Crippen LogP contribution in [0, 0.1) is 11.5 Å². The summed E-state index contributed by atoms with van der Waals surface area (Å²) in [5.41, 5.74) is 0.489. The number of aromatic nitrogens is 1. The molecule has 0 aliphatic heterocycles. The van der Waals surface area contributed by atoms with Crippen LogP contribution in [0.4, 0.5) is 8.78 Å². The molecular formula is C10H12F2N3OS+. The highest BCUT2D eigenvalue weighted by atomic mass is 32.2. The number of alkyl halides is 2. The van der Waals surface area contributed by atoms with Crippen molar-refractivity contribution in [1.82, 2.24) is 4.98 Å². The first-order valence-electron chi connectivity index (χ1n) is 4.80. The summed E-state index contributed by atoms with van der Waals surface area (Å²) in [6.45, 7) is 0.336. The van der Waals surface area contributed by atoms with E-state index in [1.165, 1.54) is 22.5 Å². The summed E-state index contributed by atoms with van der Waals surface area (Å²) in [6.07, 6.45) is 2.64. The summed E-state index contributed by atoms with van der Waals surface area (Å²) in [5.74, 6) is 0. The summed E-state index contributed by atoms with van der Waals surface area (Å²) in [6, 6.07) is 2.82. The minimum Gasteiger partial charge on any atom is -0.306 e. The zero-order valence-electron chi connectivity index (χ0n) is 9.18. The van der Waals surface area contributed by atoms with Crippen molar-refractivity contribution in [1.29, 1.82) is 5.26 Å². The van der Waals surface area contributed by atoms with Gasteiger partial charge in [0.15, 0.2) is 5.26 Å². The Morgan fingerprint density at radius 3 is 2.71 bits per heavy atom. The lowest BCUT2D eigenvalue weighted by Crippen LogP contribution is -2.13. The third-order valence-electron chi connectivity index (χ3n) is 2.11. The van der Waals surface area contributed by atoms with Crippen LogP contribution in [0.5, 0.6) is 0 Å². The van der Waals surface area contributed by atoms with Gasteiger partial charge in [-0.2, -0.15) is 0 Å². The average Bonchev–Trinajstić information content (AvgIpc) is 2.30. The van der Waals surface area contributed by atoms with Gasteiger partial charge >= 0.3 is 6.19 Å². The molecular weight excluding hydrogens is 248 g/mol. The molecule has 7 heteroatoms. The molecule has 0 aromatic carbocycles. The first-order chi connectivity index (χ1) is 8.04. The van der Waals surface area contributed by atoms with Gasteiger partial charge in [0.05, 0.1) is 0 Å². The molecule has 0 fully saturated rings. The number of nitrogens with zero attached hydrogens (tertiary/aromatic N) is 3. The number of rotatable bonds is 4. The van der Waals surface area contributed by atoms with Gasteiger partial charge in [-0.1, -0.05) is 6.07 Å². The molecule has 0 spiro atoms. The lowest BCUT2D eigenvalue weighted by Gasteiger charge is -2.02. The predicted molar refractivity (Wildman–Crippen MR) is 59.6 cm³/mol. The molecule has 0 aliphatic carbocycles. The van der Waals surface area contributed by atoms with E-state index in [0.717, 1.165) is 5.56 Å². The normalized spacial score (nSPS) is 13.3. The summed E-state index contributed by atoms with van der Waals surface area (Å²) >= 11 is 0. The average molecular weight is 260 g/mol. The fourth-order valence-corrected chi connectivity index (χ4v) is 1.66. The minimum absolute atomic E-state index is 0.261. The lowest BCUT2D eigenvalue weighted by atomic mass is 10.2. The van der Waals surface area contributed by atoms with Gasteiger partial charge in [-0.25, -0.2) is 8.78 Å². The molecule has 17 heavy (non-hydrogen) atoms. The van der Waals surface area contributed by atoms with Gasteiger partial charge in [0, 0.05) is 18.9 Å². The van der Waals surface area contributed by atoms with Crippen molar-refractivity contribution in [3.8, 4) is 6.19 Å². The molecule has 4 nitrogen and oxygen atoms in total. The first kappa shape index (κ1) is 13.7. The highest BCUT2D eigenvalue weighted by molar-refractivity contribution is 7.78. The Hall–Kier alpha value is -1.39. The van der Waals surface area contributed by atoms with Crippen LogP contribution in [0.25, 0.3) is 0 Å². The van der Waals surface area contributed by atoms with Crippen LogP contribution in [0.1, 0.15) is 17.7 Å². The second kappa shape index (κ2) is 6.37. The maximum absolute atomic E-state index is 12.2. The minimum atomic E-state index is -2.57. The van der Waals surface area contributed by atoms with E-state index in [-0.39, 0.29) is 5.69 Å². The van der Waals surface area contributed by atoms with Crippen molar-refractivity contribution in [2.24, 2.45) is 0 Å². The third-order valence-corrected chi connectivity index (χ3v) is 3.01. The molecule has 1 atom stereocenters. The number of halogens is 2. The van der Waals surface area contributed by atoms with E-state index in [0.29, 0.717) is 13.0 Å². The lowest BCUT2D eigenvalue weighted by molar-refractivity contribution is -0.414. The Morgan fingerprint density at radius 1 is 1.59 bits per heavy atom. The Labute approximate surface area is 100 Å². The fraction of sp³-hybridized carbons (Fsp3) is 0.400. The molecule has 1 heterocycles. The maximum Gasteiger partial charge on any atom is 0.467 e. The molecule has 0 amide bonds. The number of hydrogen-bond donors (Lipinski definition) is 1. The van der Waals surface area contributed by atoms with Gasteiger partial charge in [0.2, 0.25) is 0 Å². The van der Waals surface area contributed by atoms with E-state index in [2.05, 4.69) is 4.98 Å². The molecule has 0 bridgehead atoms. The maximum atomic E-state index is 12.2. The van der Waals surface area contributed by atoms with E-state index < -0.39 is 17.4 Å². The van der Waals surface area contributed by atoms with E-state index in [1.54, 1.807) is 6.07 Å². The van der Waals surface area contributed by atoms with Crippen molar-refractivity contribution >= 4 is 11.0 Å². The second-order valence-corrected chi connectivity index (χ2v) is 4.63. The van der Waals surface area contributed by atoms with Crippen LogP contribution in [-0.4, -0.2) is 26.3 Å². The largest absolute Gasteiger partial charge is 0.467 e. The Kier molecular flexibility index (Phi) is 5.12. The fourth-order valence-electron chi connectivity index (χ4n) is 1.18. The van der Waals surface area contributed by atoms with E-state index in [9.17, 15) is 13.3 Å². The molecule has 92 valence electrons. The van der Waals surface area contributed by atoms with Crippen molar-refractivity contribution in [2.75, 3.05) is 12.8 Å². The van der Waals surface area contributed by atoms with Crippen LogP contribution in [-0.2, 0) is 17.4 Å². The summed E-state index contributed by atoms with van der Waals surface area (Å²) in [7, 11) is -1.11. The second-order valence-electron chi connectivity index (χ2n) is 3.29. The quantitative estimate of drug-likeness (QED) is 0.511. The topological polar surface area (TPSA) is 59.9 Å². The molecule has 1 unspecified atom stereocenters. The van der Waals surface area contributed by atoms with Crippen molar-refractivity contribution < 1.29 is 17.3 Å². The number of nitriles is 1. The monoisotopic (exact) mass is 260 g/mol. The summed E-state index contributed by atoms with van der Waals surface area (Å²) in [5, 5.41) is 8.70. The van der Waals surface area contributed by atoms with E-state index in [4.69, 9.17) is 5.26 Å². The SMILES string of the molecule is CS(O)=[N+](C#N)CCc1ccc(C(F)F)nc1. The zero-order valence-corrected chi connectivity index (χ0v) is 9.99.